The number of nitrogens with zero attached hydrogens (tertiary/aromatic N) is 3. The molecular weight excluding hydrogens is 458 g/mol. The number of anilines is 1. The lowest BCUT2D eigenvalue weighted by atomic mass is 10.2. The molecule has 3 aromatic rings. The van der Waals surface area contributed by atoms with Gasteiger partial charge >= 0.3 is 0 Å². The third-order valence-corrected chi connectivity index (χ3v) is 6.61. The summed E-state index contributed by atoms with van der Waals surface area (Å²) in [5, 5.41) is 0.595. The van der Waals surface area contributed by atoms with Crippen LogP contribution in [0.3, 0.4) is 0 Å². The van der Waals surface area contributed by atoms with Crippen molar-refractivity contribution in [3.63, 3.8) is 0 Å². The van der Waals surface area contributed by atoms with E-state index >= 15 is 0 Å². The van der Waals surface area contributed by atoms with Crippen LogP contribution in [0.5, 0.6) is 5.75 Å². The third kappa shape index (κ3) is 6.16. The Labute approximate surface area is 193 Å². The van der Waals surface area contributed by atoms with Gasteiger partial charge in [0.15, 0.2) is 15.0 Å². The van der Waals surface area contributed by atoms with Crippen LogP contribution in [-0.2, 0) is 9.84 Å². The molecule has 31 heavy (non-hydrogen) atoms. The van der Waals surface area contributed by atoms with Crippen molar-refractivity contribution in [2.45, 2.75) is 11.8 Å². The summed E-state index contributed by atoms with van der Waals surface area (Å²) in [5.41, 5.74) is 1.21. The number of hydrogen-bond donors (Lipinski definition) is 0. The smallest absolute Gasteiger partial charge is 0.260 e. The fourth-order valence-electron chi connectivity index (χ4n) is 2.85. The number of carbonyl (C=O) groups excluding carboxylic acids is 1. The Morgan fingerprint density at radius 1 is 1.10 bits per heavy atom. The summed E-state index contributed by atoms with van der Waals surface area (Å²) in [6, 6.07) is 11.7. The van der Waals surface area contributed by atoms with Crippen LogP contribution in [0.4, 0.5) is 5.13 Å². The second kappa shape index (κ2) is 10.4. The maximum Gasteiger partial charge on any atom is 0.260 e. The lowest BCUT2D eigenvalue weighted by molar-refractivity contribution is 0.0985. The number of benzene rings is 2. The Bertz CT molecular complexity index is 1150. The zero-order valence-corrected chi connectivity index (χ0v) is 20.3. The van der Waals surface area contributed by atoms with E-state index in [2.05, 4.69) is 4.98 Å². The van der Waals surface area contributed by atoms with Gasteiger partial charge in [0.05, 0.1) is 21.7 Å². The van der Waals surface area contributed by atoms with Crippen molar-refractivity contribution in [2.24, 2.45) is 0 Å². The van der Waals surface area contributed by atoms with Crippen molar-refractivity contribution in [1.82, 2.24) is 9.88 Å². The van der Waals surface area contributed by atoms with E-state index < -0.39 is 9.84 Å². The highest BCUT2D eigenvalue weighted by molar-refractivity contribution is 7.90. The predicted molar refractivity (Wildman–Crippen MR) is 128 cm³/mol. The van der Waals surface area contributed by atoms with Gasteiger partial charge in [-0.3, -0.25) is 9.69 Å². The highest BCUT2D eigenvalue weighted by Crippen LogP contribution is 2.32. The van der Waals surface area contributed by atoms with Gasteiger partial charge in [0, 0.05) is 24.9 Å². The maximum absolute atomic E-state index is 13.3. The first-order valence-corrected chi connectivity index (χ1v) is 12.2. The molecule has 1 aromatic heterocycles. The Balaban J connectivity index is 0.00000341. The zero-order chi connectivity index (χ0) is 21.9. The second-order valence-electron chi connectivity index (χ2n) is 7.12. The van der Waals surface area contributed by atoms with Crippen LogP contribution in [0, 0.1) is 0 Å². The summed E-state index contributed by atoms with van der Waals surface area (Å²) in [5.74, 6) is 0.545. The molecule has 0 saturated carbocycles. The molecule has 1 amide bonds. The fraction of sp³-hybridized carbons (Fsp3) is 0.333. The first kappa shape index (κ1) is 25.1. The van der Waals surface area contributed by atoms with Gasteiger partial charge in [-0.05, 0) is 63.5 Å². The second-order valence-corrected chi connectivity index (χ2v) is 10.1. The summed E-state index contributed by atoms with van der Waals surface area (Å²) in [4.78, 5) is 21.7. The van der Waals surface area contributed by atoms with E-state index in [1.807, 2.05) is 44.1 Å². The number of sulfone groups is 1. The summed E-state index contributed by atoms with van der Waals surface area (Å²) in [6.07, 6.45) is 1.14. The van der Waals surface area contributed by atoms with Crippen LogP contribution in [-0.4, -0.2) is 64.3 Å². The first-order valence-electron chi connectivity index (χ1n) is 9.49. The van der Waals surface area contributed by atoms with Crippen molar-refractivity contribution in [2.75, 3.05) is 44.9 Å². The first-order chi connectivity index (χ1) is 14.2. The number of fused-ring (bicyclic) bond motifs is 1. The molecule has 0 spiro atoms. The zero-order valence-electron chi connectivity index (χ0n) is 17.9. The van der Waals surface area contributed by atoms with Crippen LogP contribution in [0.25, 0.3) is 10.2 Å². The largest absolute Gasteiger partial charge is 0.494 e. The van der Waals surface area contributed by atoms with Crippen LogP contribution in [0.2, 0.25) is 0 Å². The van der Waals surface area contributed by atoms with E-state index in [0.717, 1.165) is 22.2 Å². The lowest BCUT2D eigenvalue weighted by Crippen LogP contribution is -2.36. The highest BCUT2D eigenvalue weighted by atomic mass is 35.5. The van der Waals surface area contributed by atoms with Gasteiger partial charge in [-0.25, -0.2) is 13.4 Å². The third-order valence-electron chi connectivity index (χ3n) is 4.44. The Hall–Kier alpha value is -2.20. The molecule has 168 valence electrons. The number of rotatable bonds is 8. The summed E-state index contributed by atoms with van der Waals surface area (Å²) >= 11 is 1.43. The highest BCUT2D eigenvalue weighted by Gasteiger charge is 2.22. The number of carbonyl (C=O) groups is 1. The van der Waals surface area contributed by atoms with Crippen molar-refractivity contribution in [3.05, 3.63) is 48.0 Å². The minimum atomic E-state index is -3.32. The van der Waals surface area contributed by atoms with Gasteiger partial charge in [-0.2, -0.15) is 0 Å². The van der Waals surface area contributed by atoms with Gasteiger partial charge in [0.25, 0.3) is 5.91 Å². The SMILES string of the molecule is CCOc1ccc2nc(N(CCN(C)C)C(=O)c3ccc(S(C)(=O)=O)cc3)sc2c1.Cl. The van der Waals surface area contributed by atoms with E-state index in [0.29, 0.717) is 30.4 Å². The van der Waals surface area contributed by atoms with E-state index in [4.69, 9.17) is 4.74 Å². The van der Waals surface area contributed by atoms with Crippen molar-refractivity contribution in [1.29, 1.82) is 0 Å². The van der Waals surface area contributed by atoms with Gasteiger partial charge in [-0.1, -0.05) is 11.3 Å². The monoisotopic (exact) mass is 483 g/mol. The summed E-state index contributed by atoms with van der Waals surface area (Å²) < 4.78 is 29.9. The standard InChI is InChI=1S/C21H25N3O4S2.ClH/c1-5-28-16-8-11-18-19(14-16)29-21(22-18)24(13-12-23(2)3)20(25)15-6-9-17(10-7-15)30(4,26)27;/h6-11,14H,5,12-13H2,1-4H3;1H. The molecule has 10 heteroatoms. The summed E-state index contributed by atoms with van der Waals surface area (Å²) in [6.45, 7) is 3.62. The topological polar surface area (TPSA) is 79.8 Å². The number of ether oxygens (including phenoxy) is 1. The average Bonchev–Trinajstić information content (AvgIpc) is 3.10. The fourth-order valence-corrected chi connectivity index (χ4v) is 4.50. The molecule has 0 aliphatic rings. The van der Waals surface area contributed by atoms with Gasteiger partial charge in [0.2, 0.25) is 0 Å². The number of amides is 1. The quantitative estimate of drug-likeness (QED) is 0.485. The van der Waals surface area contributed by atoms with E-state index in [-0.39, 0.29) is 23.2 Å². The summed E-state index contributed by atoms with van der Waals surface area (Å²) in [7, 11) is 0.562. The van der Waals surface area contributed by atoms with Crippen molar-refractivity contribution in [3.8, 4) is 5.75 Å². The molecule has 0 atom stereocenters. The Kier molecular flexibility index (Phi) is 8.41. The van der Waals surface area contributed by atoms with Crippen LogP contribution < -0.4 is 9.64 Å². The molecular formula is C21H26ClN3O4S2. The molecule has 0 bridgehead atoms. The van der Waals surface area contributed by atoms with Gasteiger partial charge in [-0.15, -0.1) is 12.4 Å². The molecule has 0 aliphatic heterocycles. The van der Waals surface area contributed by atoms with Gasteiger partial charge in [0.1, 0.15) is 5.75 Å². The molecule has 0 N–H and O–H groups in total. The van der Waals surface area contributed by atoms with Crippen LogP contribution in [0.15, 0.2) is 47.4 Å². The molecule has 3 rings (SSSR count). The van der Waals surface area contributed by atoms with Crippen LogP contribution >= 0.6 is 23.7 Å². The molecule has 0 saturated heterocycles. The maximum atomic E-state index is 13.3. The number of thiazole rings is 1. The number of likely N-dealkylation sites (N-methyl/N-ethyl adjacent to an activating group) is 1. The minimum Gasteiger partial charge on any atom is -0.494 e. The molecule has 1 heterocycles. The van der Waals surface area contributed by atoms with E-state index in [9.17, 15) is 13.2 Å². The Morgan fingerprint density at radius 2 is 1.77 bits per heavy atom. The van der Waals surface area contributed by atoms with Crippen molar-refractivity contribution < 1.29 is 17.9 Å². The number of aromatic nitrogens is 1. The number of halogens is 1. The molecule has 0 unspecified atom stereocenters. The molecule has 0 aliphatic carbocycles. The molecule has 2 aromatic carbocycles. The molecule has 7 nitrogen and oxygen atoms in total. The van der Waals surface area contributed by atoms with E-state index in [1.165, 1.54) is 23.5 Å². The normalized spacial score (nSPS) is 11.4. The van der Waals surface area contributed by atoms with Crippen molar-refractivity contribution >= 4 is 54.8 Å². The van der Waals surface area contributed by atoms with E-state index in [1.54, 1.807) is 17.0 Å². The molecule has 0 fully saturated rings. The van der Waals surface area contributed by atoms with Crippen LogP contribution in [0.1, 0.15) is 17.3 Å². The lowest BCUT2D eigenvalue weighted by Gasteiger charge is -2.22. The average molecular weight is 484 g/mol. The predicted octanol–water partition coefficient (Wildman–Crippen LogP) is 3.73. The minimum absolute atomic E-state index is 0. The molecule has 0 radical (unpaired) electrons. The number of hydrogen-bond acceptors (Lipinski definition) is 7. The Morgan fingerprint density at radius 3 is 2.35 bits per heavy atom. The van der Waals surface area contributed by atoms with Gasteiger partial charge < -0.3 is 9.64 Å².